The van der Waals surface area contributed by atoms with Gasteiger partial charge in [0.25, 0.3) is 0 Å². The maximum Gasteiger partial charge on any atom is 0.407 e. The van der Waals surface area contributed by atoms with Gasteiger partial charge in [0.15, 0.2) is 6.04 Å². The second kappa shape index (κ2) is 10.1. The molecule has 7 nitrogen and oxygen atoms in total. The first kappa shape index (κ1) is 23.5. The van der Waals surface area contributed by atoms with Crippen molar-refractivity contribution in [2.75, 3.05) is 6.61 Å². The smallest absolute Gasteiger partial charge is 0.407 e. The molecule has 0 fully saturated rings. The number of carboxylic acids is 1. The van der Waals surface area contributed by atoms with E-state index >= 15 is 0 Å². The lowest BCUT2D eigenvalue weighted by Crippen LogP contribution is -2.51. The summed E-state index contributed by atoms with van der Waals surface area (Å²) in [4.78, 5) is 37.7. The van der Waals surface area contributed by atoms with Crippen molar-refractivity contribution in [1.29, 1.82) is 0 Å². The number of amides is 2. The second-order valence-corrected chi connectivity index (χ2v) is 9.47. The molecule has 1 aliphatic rings. The largest absolute Gasteiger partial charge is 0.479 e. The van der Waals surface area contributed by atoms with Crippen molar-refractivity contribution in [3.05, 3.63) is 82.0 Å². The Kier molecular flexibility index (Phi) is 6.98. The molecule has 2 atom stereocenters. The first-order valence-electron chi connectivity index (χ1n) is 11.0. The van der Waals surface area contributed by atoms with Crippen molar-refractivity contribution in [2.24, 2.45) is 5.92 Å². The van der Waals surface area contributed by atoms with Gasteiger partial charge in [-0.2, -0.15) is 0 Å². The Hall–Kier alpha value is -3.65. The molecule has 8 heteroatoms. The molecule has 2 amide bonds. The summed E-state index contributed by atoms with van der Waals surface area (Å²) in [5, 5.41) is 16.4. The lowest BCUT2D eigenvalue weighted by atomic mass is 9.98. The highest BCUT2D eigenvalue weighted by Gasteiger charge is 2.32. The van der Waals surface area contributed by atoms with Gasteiger partial charge < -0.3 is 20.5 Å². The third-order valence-corrected chi connectivity index (χ3v) is 6.86. The fraction of sp³-hybridized carbons (Fsp3) is 0.269. The molecule has 0 aliphatic heterocycles. The highest BCUT2D eigenvalue weighted by atomic mass is 32.1. The SMILES string of the molecule is CC(C)C(NC(=O)OCC1c2ccccc2-c2ccccc21)C(=O)NC(C(=O)O)c1cccs1. The number of rotatable bonds is 8. The molecule has 1 heterocycles. The van der Waals surface area contributed by atoms with E-state index in [4.69, 9.17) is 4.74 Å². The average Bonchev–Trinajstić information content (AvgIpc) is 3.46. The number of thiophene rings is 1. The van der Waals surface area contributed by atoms with Crippen molar-refractivity contribution in [1.82, 2.24) is 10.6 Å². The molecule has 34 heavy (non-hydrogen) atoms. The number of carbonyl (C=O) groups is 3. The fourth-order valence-corrected chi connectivity index (χ4v) is 5.01. The van der Waals surface area contributed by atoms with E-state index in [9.17, 15) is 19.5 Å². The summed E-state index contributed by atoms with van der Waals surface area (Å²) in [5.41, 5.74) is 4.43. The Balaban J connectivity index is 1.42. The molecule has 2 unspecified atom stereocenters. The minimum Gasteiger partial charge on any atom is -0.479 e. The summed E-state index contributed by atoms with van der Waals surface area (Å²) in [6, 6.07) is 17.3. The number of hydrogen-bond donors (Lipinski definition) is 3. The normalized spacial score (nSPS) is 14.1. The number of nitrogens with one attached hydrogen (secondary N) is 2. The summed E-state index contributed by atoms with van der Waals surface area (Å²) in [6.07, 6.45) is -0.723. The minimum absolute atomic E-state index is 0.0975. The van der Waals surface area contributed by atoms with Crippen LogP contribution in [0, 0.1) is 5.92 Å². The number of benzene rings is 2. The van der Waals surface area contributed by atoms with Gasteiger partial charge >= 0.3 is 12.1 Å². The minimum atomic E-state index is -1.18. The zero-order chi connectivity index (χ0) is 24.2. The average molecular weight is 479 g/mol. The lowest BCUT2D eigenvalue weighted by molar-refractivity contribution is -0.142. The topological polar surface area (TPSA) is 105 Å². The molecule has 3 N–H and O–H groups in total. The van der Waals surface area contributed by atoms with Crippen LogP contribution < -0.4 is 10.6 Å². The molecule has 1 aliphatic carbocycles. The molecule has 0 radical (unpaired) electrons. The Labute approximate surface area is 201 Å². The van der Waals surface area contributed by atoms with E-state index in [0.29, 0.717) is 4.88 Å². The maximum absolute atomic E-state index is 12.9. The Bertz CT molecular complexity index is 1150. The van der Waals surface area contributed by atoms with E-state index in [0.717, 1.165) is 22.3 Å². The molecule has 2 aromatic carbocycles. The third-order valence-electron chi connectivity index (χ3n) is 5.93. The van der Waals surface area contributed by atoms with Gasteiger partial charge in [-0.3, -0.25) is 4.79 Å². The Morgan fingerprint density at radius 2 is 1.56 bits per heavy atom. The van der Waals surface area contributed by atoms with Crippen LogP contribution in [-0.4, -0.2) is 35.7 Å². The standard InChI is InChI=1S/C26H26N2O5S/c1-15(2)22(24(29)27-23(25(30)31)21-12-7-13-34-21)28-26(32)33-14-20-18-10-5-3-8-16(18)17-9-4-6-11-19(17)20/h3-13,15,20,22-23H,14H2,1-2H3,(H,27,29)(H,28,32)(H,30,31). The van der Waals surface area contributed by atoms with Gasteiger partial charge in [0, 0.05) is 10.8 Å². The quantitative estimate of drug-likeness (QED) is 0.440. The Morgan fingerprint density at radius 1 is 0.941 bits per heavy atom. The van der Waals surface area contributed by atoms with Gasteiger partial charge in [-0.05, 0) is 39.6 Å². The van der Waals surface area contributed by atoms with Crippen molar-refractivity contribution in [2.45, 2.75) is 31.8 Å². The van der Waals surface area contributed by atoms with Gasteiger partial charge in [-0.1, -0.05) is 68.4 Å². The maximum atomic E-state index is 12.9. The molecule has 176 valence electrons. The zero-order valence-corrected chi connectivity index (χ0v) is 19.7. The summed E-state index contributed by atoms with van der Waals surface area (Å²) >= 11 is 1.24. The van der Waals surface area contributed by atoms with E-state index in [1.165, 1.54) is 11.3 Å². The number of aliphatic carboxylic acids is 1. The Morgan fingerprint density at radius 3 is 2.09 bits per heavy atom. The molecule has 3 aromatic rings. The summed E-state index contributed by atoms with van der Waals surface area (Å²) in [5.74, 6) is -2.12. The van der Waals surface area contributed by atoms with Gasteiger partial charge in [0.1, 0.15) is 12.6 Å². The highest BCUT2D eigenvalue weighted by molar-refractivity contribution is 7.10. The van der Waals surface area contributed by atoms with Gasteiger partial charge in [-0.25, -0.2) is 9.59 Å². The predicted molar refractivity (Wildman–Crippen MR) is 130 cm³/mol. The van der Waals surface area contributed by atoms with Crippen LogP contribution in [0.25, 0.3) is 11.1 Å². The monoisotopic (exact) mass is 478 g/mol. The first-order chi connectivity index (χ1) is 16.4. The van der Waals surface area contributed by atoms with Crippen LogP contribution in [0.4, 0.5) is 4.79 Å². The molecular formula is C26H26N2O5S. The van der Waals surface area contributed by atoms with E-state index in [1.807, 2.05) is 36.4 Å². The molecule has 0 spiro atoms. The molecular weight excluding hydrogens is 452 g/mol. The van der Waals surface area contributed by atoms with Crippen molar-refractivity contribution < 1.29 is 24.2 Å². The first-order valence-corrected chi connectivity index (χ1v) is 11.9. The molecule has 1 aromatic heterocycles. The second-order valence-electron chi connectivity index (χ2n) is 8.49. The summed E-state index contributed by atoms with van der Waals surface area (Å²) in [7, 11) is 0. The number of carbonyl (C=O) groups excluding carboxylic acids is 2. The molecule has 0 bridgehead atoms. The molecule has 0 saturated carbocycles. The number of carboxylic acid groups (broad SMARTS) is 1. The summed E-state index contributed by atoms with van der Waals surface area (Å²) < 4.78 is 5.55. The van der Waals surface area contributed by atoms with Gasteiger partial charge in [-0.15, -0.1) is 11.3 Å². The van der Waals surface area contributed by atoms with Crippen molar-refractivity contribution in [3.63, 3.8) is 0 Å². The van der Waals surface area contributed by atoms with Crippen LogP contribution >= 0.6 is 11.3 Å². The van der Waals surface area contributed by atoms with E-state index in [-0.39, 0.29) is 18.4 Å². The van der Waals surface area contributed by atoms with Crippen LogP contribution in [-0.2, 0) is 14.3 Å². The van der Waals surface area contributed by atoms with Crippen LogP contribution in [0.2, 0.25) is 0 Å². The number of alkyl carbamates (subject to hydrolysis) is 1. The molecule has 4 rings (SSSR count). The van der Waals surface area contributed by atoms with Crippen LogP contribution in [0.5, 0.6) is 0 Å². The number of fused-ring (bicyclic) bond motifs is 3. The van der Waals surface area contributed by atoms with Crippen LogP contribution in [0.3, 0.4) is 0 Å². The van der Waals surface area contributed by atoms with Crippen LogP contribution in [0.15, 0.2) is 66.0 Å². The van der Waals surface area contributed by atoms with Gasteiger partial charge in [0.2, 0.25) is 5.91 Å². The van der Waals surface area contributed by atoms with E-state index in [1.54, 1.807) is 31.4 Å². The van der Waals surface area contributed by atoms with Crippen molar-refractivity contribution in [3.8, 4) is 11.1 Å². The summed E-state index contributed by atoms with van der Waals surface area (Å²) in [6.45, 7) is 3.67. The molecule has 0 saturated heterocycles. The zero-order valence-electron chi connectivity index (χ0n) is 18.9. The van der Waals surface area contributed by atoms with E-state index in [2.05, 4.69) is 22.8 Å². The van der Waals surface area contributed by atoms with E-state index < -0.39 is 30.1 Å². The highest BCUT2D eigenvalue weighted by Crippen LogP contribution is 2.44. The predicted octanol–water partition coefficient (Wildman–Crippen LogP) is 4.55. The number of ether oxygens (including phenoxy) is 1. The van der Waals surface area contributed by atoms with Crippen molar-refractivity contribution >= 4 is 29.3 Å². The fourth-order valence-electron chi connectivity index (χ4n) is 4.24. The lowest BCUT2D eigenvalue weighted by Gasteiger charge is -2.24. The number of hydrogen-bond acceptors (Lipinski definition) is 5. The third kappa shape index (κ3) is 4.82. The van der Waals surface area contributed by atoms with Crippen LogP contribution in [0.1, 0.15) is 41.8 Å². The van der Waals surface area contributed by atoms with Gasteiger partial charge in [0.05, 0.1) is 0 Å².